The zero-order chi connectivity index (χ0) is 22.6. The number of carbonyl (C=O) groups is 2. The van der Waals surface area contributed by atoms with Gasteiger partial charge < -0.3 is 29.6 Å². The van der Waals surface area contributed by atoms with Gasteiger partial charge in [-0.05, 0) is 41.8 Å². The van der Waals surface area contributed by atoms with Gasteiger partial charge >= 0.3 is 0 Å². The van der Waals surface area contributed by atoms with Crippen molar-refractivity contribution in [3.05, 3.63) is 47.5 Å². The molecular weight excluding hydrogens is 400 g/mol. The van der Waals surface area contributed by atoms with E-state index in [1.54, 1.807) is 52.7 Å². The average molecular weight is 431 g/mol. The molecule has 0 aliphatic rings. The standard InChI is InChI=1S/C23H30N2O6/c1-28-18-8-6-16(12-20(18)30-3)14-22(26)24-10-5-11-25-23(27)15-17-7-9-19(29-2)21(13-17)31-4/h6-9,12-13H,5,10-11,14-15H2,1-4H3,(H,24,26)(H,25,27). The molecule has 0 aromatic heterocycles. The zero-order valence-corrected chi connectivity index (χ0v) is 18.4. The van der Waals surface area contributed by atoms with Gasteiger partial charge in [0, 0.05) is 13.1 Å². The number of ether oxygens (including phenoxy) is 4. The van der Waals surface area contributed by atoms with Crippen LogP contribution in [0.2, 0.25) is 0 Å². The number of carbonyl (C=O) groups excluding carboxylic acids is 2. The van der Waals surface area contributed by atoms with E-state index in [0.717, 1.165) is 11.1 Å². The fraction of sp³-hybridized carbons (Fsp3) is 0.391. The van der Waals surface area contributed by atoms with Gasteiger partial charge in [0.15, 0.2) is 23.0 Å². The number of hydrogen-bond donors (Lipinski definition) is 2. The summed E-state index contributed by atoms with van der Waals surface area (Å²) in [6.45, 7) is 0.950. The van der Waals surface area contributed by atoms with Gasteiger partial charge in [-0.1, -0.05) is 12.1 Å². The van der Waals surface area contributed by atoms with Crippen LogP contribution < -0.4 is 29.6 Å². The normalized spacial score (nSPS) is 10.2. The minimum Gasteiger partial charge on any atom is -0.493 e. The predicted octanol–water partition coefficient (Wildman–Crippen LogP) is 2.13. The highest BCUT2D eigenvalue weighted by molar-refractivity contribution is 5.79. The molecule has 2 N–H and O–H groups in total. The van der Waals surface area contributed by atoms with Crippen molar-refractivity contribution in [2.24, 2.45) is 0 Å². The molecule has 0 spiro atoms. The third-order valence-electron chi connectivity index (χ3n) is 4.62. The highest BCUT2D eigenvalue weighted by Crippen LogP contribution is 2.28. The van der Waals surface area contributed by atoms with Gasteiger partial charge in [0.25, 0.3) is 0 Å². The fourth-order valence-corrected chi connectivity index (χ4v) is 3.02. The van der Waals surface area contributed by atoms with Crippen molar-refractivity contribution in [3.63, 3.8) is 0 Å². The molecule has 0 unspecified atom stereocenters. The van der Waals surface area contributed by atoms with Crippen LogP contribution in [0.3, 0.4) is 0 Å². The van der Waals surface area contributed by atoms with Gasteiger partial charge in [0.2, 0.25) is 11.8 Å². The van der Waals surface area contributed by atoms with Crippen LogP contribution in [0.25, 0.3) is 0 Å². The molecule has 2 aromatic rings. The summed E-state index contributed by atoms with van der Waals surface area (Å²) in [7, 11) is 6.25. The Morgan fingerprint density at radius 1 is 0.645 bits per heavy atom. The summed E-state index contributed by atoms with van der Waals surface area (Å²) in [5, 5.41) is 5.71. The molecule has 2 aromatic carbocycles. The van der Waals surface area contributed by atoms with E-state index in [2.05, 4.69) is 10.6 Å². The Labute approximate surface area is 182 Å². The number of rotatable bonds is 12. The van der Waals surface area contributed by atoms with Gasteiger partial charge in [-0.2, -0.15) is 0 Å². The van der Waals surface area contributed by atoms with E-state index in [4.69, 9.17) is 18.9 Å². The molecule has 0 atom stereocenters. The lowest BCUT2D eigenvalue weighted by Gasteiger charge is -2.11. The summed E-state index contributed by atoms with van der Waals surface area (Å²) in [6.07, 6.45) is 1.12. The molecule has 0 aliphatic carbocycles. The van der Waals surface area contributed by atoms with Crippen molar-refractivity contribution in [3.8, 4) is 23.0 Å². The van der Waals surface area contributed by atoms with Crippen molar-refractivity contribution in [1.29, 1.82) is 0 Å². The molecule has 0 radical (unpaired) electrons. The van der Waals surface area contributed by atoms with Crippen LogP contribution in [-0.4, -0.2) is 53.3 Å². The van der Waals surface area contributed by atoms with Crippen LogP contribution in [0.1, 0.15) is 17.5 Å². The van der Waals surface area contributed by atoms with Crippen molar-refractivity contribution in [2.45, 2.75) is 19.3 Å². The Bertz CT molecular complexity index is 813. The average Bonchev–Trinajstić information content (AvgIpc) is 2.78. The third kappa shape index (κ3) is 7.40. The lowest BCUT2D eigenvalue weighted by Crippen LogP contribution is -2.31. The summed E-state index contributed by atoms with van der Waals surface area (Å²) < 4.78 is 20.9. The molecular formula is C23H30N2O6. The Morgan fingerprint density at radius 2 is 1.03 bits per heavy atom. The summed E-state index contributed by atoms with van der Waals surface area (Å²) in [4.78, 5) is 24.2. The molecule has 168 valence electrons. The van der Waals surface area contributed by atoms with Crippen molar-refractivity contribution >= 4 is 11.8 Å². The number of amides is 2. The van der Waals surface area contributed by atoms with Crippen molar-refractivity contribution < 1.29 is 28.5 Å². The number of nitrogens with one attached hydrogen (secondary N) is 2. The fourth-order valence-electron chi connectivity index (χ4n) is 3.02. The van der Waals surface area contributed by atoms with Crippen LogP contribution in [0.15, 0.2) is 36.4 Å². The van der Waals surface area contributed by atoms with E-state index in [9.17, 15) is 9.59 Å². The molecule has 2 rings (SSSR count). The van der Waals surface area contributed by atoms with Crippen LogP contribution in [0, 0.1) is 0 Å². The molecule has 0 fully saturated rings. The maximum Gasteiger partial charge on any atom is 0.224 e. The quantitative estimate of drug-likeness (QED) is 0.501. The van der Waals surface area contributed by atoms with E-state index in [1.807, 2.05) is 12.1 Å². The summed E-state index contributed by atoms with van der Waals surface area (Å²) in [5.41, 5.74) is 1.66. The maximum absolute atomic E-state index is 12.1. The van der Waals surface area contributed by atoms with E-state index >= 15 is 0 Å². The molecule has 8 nitrogen and oxygen atoms in total. The smallest absolute Gasteiger partial charge is 0.224 e. The zero-order valence-electron chi connectivity index (χ0n) is 18.4. The second-order valence-corrected chi connectivity index (χ2v) is 6.79. The highest BCUT2D eigenvalue weighted by Gasteiger charge is 2.10. The number of hydrogen-bond acceptors (Lipinski definition) is 6. The minimum absolute atomic E-state index is 0.0936. The van der Waals surface area contributed by atoms with Gasteiger partial charge in [-0.15, -0.1) is 0 Å². The first-order valence-corrected chi connectivity index (χ1v) is 9.96. The first-order valence-electron chi connectivity index (χ1n) is 9.96. The lowest BCUT2D eigenvalue weighted by molar-refractivity contribution is -0.120. The topological polar surface area (TPSA) is 95.1 Å². The first-order chi connectivity index (χ1) is 15.0. The second-order valence-electron chi connectivity index (χ2n) is 6.79. The maximum atomic E-state index is 12.1. The number of benzene rings is 2. The molecule has 0 bridgehead atoms. The largest absolute Gasteiger partial charge is 0.493 e. The Balaban J connectivity index is 1.68. The molecule has 8 heteroatoms. The second kappa shape index (κ2) is 12.3. The van der Waals surface area contributed by atoms with Gasteiger partial charge in [-0.25, -0.2) is 0 Å². The van der Waals surface area contributed by atoms with E-state index in [1.165, 1.54) is 0 Å². The first kappa shape index (κ1) is 23.9. The molecule has 0 saturated heterocycles. The van der Waals surface area contributed by atoms with Crippen LogP contribution in [0.4, 0.5) is 0 Å². The highest BCUT2D eigenvalue weighted by atomic mass is 16.5. The van der Waals surface area contributed by atoms with E-state index in [0.29, 0.717) is 42.5 Å². The van der Waals surface area contributed by atoms with Gasteiger partial charge in [0.1, 0.15) is 0 Å². The van der Waals surface area contributed by atoms with Crippen LogP contribution >= 0.6 is 0 Å². The van der Waals surface area contributed by atoms with Crippen LogP contribution in [0.5, 0.6) is 23.0 Å². The SMILES string of the molecule is COc1ccc(CC(=O)NCCCNC(=O)Cc2ccc(OC)c(OC)c2)cc1OC. The van der Waals surface area contributed by atoms with Crippen molar-refractivity contribution in [2.75, 3.05) is 41.5 Å². The summed E-state index contributed by atoms with van der Waals surface area (Å²) in [6, 6.07) is 10.8. The third-order valence-corrected chi connectivity index (χ3v) is 4.62. The molecule has 0 aliphatic heterocycles. The summed E-state index contributed by atoms with van der Waals surface area (Å²) >= 11 is 0. The van der Waals surface area contributed by atoms with Crippen LogP contribution in [-0.2, 0) is 22.4 Å². The minimum atomic E-state index is -0.0936. The van der Waals surface area contributed by atoms with E-state index in [-0.39, 0.29) is 24.7 Å². The summed E-state index contributed by atoms with van der Waals surface area (Å²) in [5.74, 6) is 2.23. The lowest BCUT2D eigenvalue weighted by atomic mass is 10.1. The Hall–Kier alpha value is -3.42. The Kier molecular flexibility index (Phi) is 9.48. The van der Waals surface area contributed by atoms with Crippen molar-refractivity contribution in [1.82, 2.24) is 10.6 Å². The molecule has 0 saturated carbocycles. The van der Waals surface area contributed by atoms with Gasteiger partial charge in [-0.3, -0.25) is 9.59 Å². The van der Waals surface area contributed by atoms with E-state index < -0.39 is 0 Å². The monoisotopic (exact) mass is 430 g/mol. The molecule has 0 heterocycles. The molecule has 31 heavy (non-hydrogen) atoms. The predicted molar refractivity (Wildman–Crippen MR) is 117 cm³/mol. The number of methoxy groups -OCH3 is 4. The molecule has 2 amide bonds. The van der Waals surface area contributed by atoms with Gasteiger partial charge in [0.05, 0.1) is 41.3 Å². The Morgan fingerprint density at radius 3 is 1.39 bits per heavy atom.